The zero-order chi connectivity index (χ0) is 18.9. The van der Waals surface area contributed by atoms with Crippen LogP contribution in [0.1, 0.15) is 5.69 Å². The summed E-state index contributed by atoms with van der Waals surface area (Å²) in [6, 6.07) is 13.5. The minimum Gasteiger partial charge on any atom is -0.490 e. The molecule has 5 nitrogen and oxygen atoms in total. The Morgan fingerprint density at radius 1 is 1.12 bits per heavy atom. The molecule has 0 bridgehead atoms. The highest BCUT2D eigenvalue weighted by Crippen LogP contribution is 2.36. The maximum absolute atomic E-state index is 13.2. The second kappa shape index (κ2) is 7.31. The first-order valence-electron chi connectivity index (χ1n) is 8.21. The maximum atomic E-state index is 13.2. The molecule has 0 aliphatic heterocycles. The van der Waals surface area contributed by atoms with Crippen molar-refractivity contribution in [1.29, 1.82) is 0 Å². The maximum Gasteiger partial charge on any atom is 0.268 e. The lowest BCUT2D eigenvalue weighted by atomic mass is 10.2. The Morgan fingerprint density at radius 2 is 1.81 bits per heavy atom. The number of fused-ring (bicyclic) bond motifs is 1. The molecular weight excluding hydrogens is 372 g/mol. The molecule has 7 heteroatoms. The molecule has 0 radical (unpaired) electrons. The molecule has 0 atom stereocenters. The van der Waals surface area contributed by atoms with Gasteiger partial charge in [-0.15, -0.1) is 0 Å². The summed E-state index contributed by atoms with van der Waals surface area (Å²) in [7, 11) is 0.149. The molecule has 0 N–H and O–H groups in total. The third-order valence-corrected chi connectivity index (χ3v) is 6.18. The summed E-state index contributed by atoms with van der Waals surface area (Å²) < 4.78 is 33.7. The summed E-state index contributed by atoms with van der Waals surface area (Å²) in [4.78, 5) is 2.23. The number of hydrogen-bond donors (Lipinski definition) is 0. The fourth-order valence-corrected chi connectivity index (χ4v) is 4.58. The Morgan fingerprint density at radius 3 is 2.46 bits per heavy atom. The smallest absolute Gasteiger partial charge is 0.268 e. The van der Waals surface area contributed by atoms with Crippen molar-refractivity contribution in [1.82, 2.24) is 8.87 Å². The van der Waals surface area contributed by atoms with Gasteiger partial charge in [0.1, 0.15) is 12.4 Å². The molecule has 0 saturated heterocycles. The van der Waals surface area contributed by atoms with E-state index in [0.717, 1.165) is 11.9 Å². The van der Waals surface area contributed by atoms with E-state index in [1.807, 2.05) is 19.0 Å². The minimum atomic E-state index is -3.77. The van der Waals surface area contributed by atoms with Crippen molar-refractivity contribution in [3.8, 4) is 5.75 Å². The molecule has 2 aromatic carbocycles. The second-order valence-corrected chi connectivity index (χ2v) is 8.53. The van der Waals surface area contributed by atoms with Crippen LogP contribution in [0, 0.1) is 6.92 Å². The van der Waals surface area contributed by atoms with Crippen molar-refractivity contribution in [2.45, 2.75) is 11.8 Å². The molecule has 0 saturated carbocycles. The predicted molar refractivity (Wildman–Crippen MR) is 105 cm³/mol. The lowest BCUT2D eigenvalue weighted by molar-refractivity contribution is 0.262. The van der Waals surface area contributed by atoms with E-state index in [2.05, 4.69) is 0 Å². The number of rotatable bonds is 6. The van der Waals surface area contributed by atoms with E-state index in [1.54, 1.807) is 55.5 Å². The standard InChI is InChI=1S/C19H21ClN2O3S/c1-14-19(25-12-11-21(2)3)17-10-9-15(20)13-18(17)22(14)26(23,24)16-7-5-4-6-8-16/h4-10,13H,11-12H2,1-3H3. The Labute approximate surface area is 158 Å². The van der Waals surface area contributed by atoms with E-state index in [9.17, 15) is 8.42 Å². The molecular formula is C19H21ClN2O3S. The molecule has 0 unspecified atom stereocenters. The van der Waals surface area contributed by atoms with Gasteiger partial charge in [-0.3, -0.25) is 0 Å². The van der Waals surface area contributed by atoms with Crippen LogP contribution < -0.4 is 4.74 Å². The van der Waals surface area contributed by atoms with Crippen molar-refractivity contribution in [3.63, 3.8) is 0 Å². The van der Waals surface area contributed by atoms with Gasteiger partial charge in [0.2, 0.25) is 0 Å². The molecule has 1 heterocycles. The fourth-order valence-electron chi connectivity index (χ4n) is 2.85. The molecule has 1 aromatic heterocycles. The molecule has 138 valence electrons. The van der Waals surface area contributed by atoms with Crippen LogP contribution in [0.15, 0.2) is 53.4 Å². The lowest BCUT2D eigenvalue weighted by Gasteiger charge is -2.12. The molecule has 3 aromatic rings. The quantitative estimate of drug-likeness (QED) is 0.640. The van der Waals surface area contributed by atoms with Crippen LogP contribution in [0.5, 0.6) is 5.75 Å². The van der Waals surface area contributed by atoms with Crippen LogP contribution >= 0.6 is 11.6 Å². The van der Waals surface area contributed by atoms with Crippen LogP contribution in [0.3, 0.4) is 0 Å². The highest BCUT2D eigenvalue weighted by atomic mass is 35.5. The van der Waals surface area contributed by atoms with Gasteiger partial charge in [0, 0.05) is 17.0 Å². The highest BCUT2D eigenvalue weighted by Gasteiger charge is 2.25. The zero-order valence-electron chi connectivity index (χ0n) is 14.9. The van der Waals surface area contributed by atoms with E-state index in [1.165, 1.54) is 3.97 Å². The average Bonchev–Trinajstić information content (AvgIpc) is 2.87. The third kappa shape index (κ3) is 3.45. The fraction of sp³-hybridized carbons (Fsp3) is 0.263. The molecule has 0 spiro atoms. The molecule has 3 rings (SSSR count). The highest BCUT2D eigenvalue weighted by molar-refractivity contribution is 7.90. The van der Waals surface area contributed by atoms with E-state index >= 15 is 0 Å². The number of ether oxygens (including phenoxy) is 1. The monoisotopic (exact) mass is 392 g/mol. The Bertz CT molecular complexity index is 1030. The summed E-state index contributed by atoms with van der Waals surface area (Å²) in [6.45, 7) is 2.94. The predicted octanol–water partition coefficient (Wildman–Crippen LogP) is 3.78. The summed E-state index contributed by atoms with van der Waals surface area (Å²) in [5.41, 5.74) is 1.04. The lowest BCUT2D eigenvalue weighted by Crippen LogP contribution is -2.20. The van der Waals surface area contributed by atoms with Gasteiger partial charge in [-0.2, -0.15) is 0 Å². The van der Waals surface area contributed by atoms with Gasteiger partial charge < -0.3 is 9.64 Å². The van der Waals surface area contributed by atoms with Gasteiger partial charge in [-0.25, -0.2) is 12.4 Å². The number of benzene rings is 2. The van der Waals surface area contributed by atoms with Crippen molar-refractivity contribution in [3.05, 3.63) is 59.2 Å². The molecule has 0 aliphatic rings. The normalized spacial score (nSPS) is 12.0. The number of hydrogen-bond acceptors (Lipinski definition) is 4. The molecule has 26 heavy (non-hydrogen) atoms. The van der Waals surface area contributed by atoms with Crippen LogP contribution in [0.25, 0.3) is 10.9 Å². The number of aromatic nitrogens is 1. The minimum absolute atomic E-state index is 0.222. The number of nitrogens with zero attached hydrogens (tertiary/aromatic N) is 2. The van der Waals surface area contributed by atoms with E-state index in [-0.39, 0.29) is 4.90 Å². The number of halogens is 1. The summed E-state index contributed by atoms with van der Waals surface area (Å²) >= 11 is 6.14. The molecule has 0 aliphatic carbocycles. The number of likely N-dealkylation sites (N-methyl/N-ethyl adjacent to an activating group) is 1. The first kappa shape index (κ1) is 18.8. The van der Waals surface area contributed by atoms with Crippen molar-refractivity contribution < 1.29 is 13.2 Å². The van der Waals surface area contributed by atoms with E-state index in [0.29, 0.717) is 28.6 Å². The van der Waals surface area contributed by atoms with Crippen molar-refractivity contribution in [2.24, 2.45) is 0 Å². The molecule has 0 amide bonds. The largest absolute Gasteiger partial charge is 0.490 e. The second-order valence-electron chi connectivity index (χ2n) is 6.31. The Hall–Kier alpha value is -2.02. The van der Waals surface area contributed by atoms with Gasteiger partial charge in [-0.05, 0) is 51.4 Å². The summed E-state index contributed by atoms with van der Waals surface area (Å²) in [6.07, 6.45) is 0. The summed E-state index contributed by atoms with van der Waals surface area (Å²) in [5, 5.41) is 1.20. The van der Waals surface area contributed by atoms with Crippen LogP contribution in [-0.4, -0.2) is 44.5 Å². The zero-order valence-corrected chi connectivity index (χ0v) is 16.5. The third-order valence-electron chi connectivity index (χ3n) is 4.12. The average molecular weight is 393 g/mol. The van der Waals surface area contributed by atoms with E-state index in [4.69, 9.17) is 16.3 Å². The van der Waals surface area contributed by atoms with Crippen molar-refractivity contribution >= 4 is 32.5 Å². The Balaban J connectivity index is 2.19. The van der Waals surface area contributed by atoms with Gasteiger partial charge in [0.05, 0.1) is 16.1 Å². The molecule has 0 fully saturated rings. The van der Waals surface area contributed by atoms with Crippen LogP contribution in [-0.2, 0) is 10.0 Å². The van der Waals surface area contributed by atoms with E-state index < -0.39 is 10.0 Å². The van der Waals surface area contributed by atoms with Crippen molar-refractivity contribution in [2.75, 3.05) is 27.2 Å². The topological polar surface area (TPSA) is 51.5 Å². The van der Waals surface area contributed by atoms with Gasteiger partial charge >= 0.3 is 0 Å². The van der Waals surface area contributed by atoms with Gasteiger partial charge in [0.25, 0.3) is 10.0 Å². The van der Waals surface area contributed by atoms with Crippen LogP contribution in [0.2, 0.25) is 5.02 Å². The summed E-state index contributed by atoms with van der Waals surface area (Å²) in [5.74, 6) is 0.568. The van der Waals surface area contributed by atoms with Gasteiger partial charge in [0.15, 0.2) is 0 Å². The van der Waals surface area contributed by atoms with Crippen LogP contribution in [0.4, 0.5) is 0 Å². The first-order valence-corrected chi connectivity index (χ1v) is 10.0. The first-order chi connectivity index (χ1) is 12.3. The van der Waals surface area contributed by atoms with Gasteiger partial charge in [-0.1, -0.05) is 29.8 Å². The SMILES string of the molecule is Cc1c(OCCN(C)C)c2ccc(Cl)cc2n1S(=O)(=O)c1ccccc1. The Kier molecular flexibility index (Phi) is 5.27.